The zero-order valence-electron chi connectivity index (χ0n) is 9.38. The summed E-state index contributed by atoms with van der Waals surface area (Å²) in [5.74, 6) is -0.143. The van der Waals surface area contributed by atoms with E-state index in [9.17, 15) is 9.59 Å². The number of ketones is 1. The van der Waals surface area contributed by atoms with E-state index in [1.807, 2.05) is 0 Å². The Morgan fingerprint density at radius 3 is 2.62 bits per heavy atom. The molecule has 0 radical (unpaired) electrons. The molecule has 0 bridgehead atoms. The zero-order valence-corrected chi connectivity index (χ0v) is 9.38. The number of H-pyrrole nitrogens is 1. The average Bonchev–Trinajstić information content (AvgIpc) is 2.86. The third-order valence-corrected chi connectivity index (χ3v) is 3.02. The zero-order chi connectivity index (χ0) is 11.5. The van der Waals surface area contributed by atoms with Crippen molar-refractivity contribution < 1.29 is 9.59 Å². The van der Waals surface area contributed by atoms with Crippen LogP contribution in [-0.2, 0) is 0 Å². The van der Waals surface area contributed by atoms with Gasteiger partial charge in [0, 0.05) is 17.8 Å². The maximum Gasteiger partial charge on any atom is 0.267 e. The number of carbonyl (C=O) groups excluding carboxylic acids is 2. The summed E-state index contributed by atoms with van der Waals surface area (Å²) in [7, 11) is 0. The standard InChI is InChI=1S/C12H16N2O2/c1-8(15)9-6-11(13-7-9)12(16)14-10-4-2-3-5-10/h6-7,10,13H,2-5H2,1H3,(H,14,16). The molecule has 0 atom stereocenters. The van der Waals surface area contributed by atoms with Crippen LogP contribution >= 0.6 is 0 Å². The van der Waals surface area contributed by atoms with E-state index in [0.29, 0.717) is 17.3 Å². The molecule has 4 nitrogen and oxygen atoms in total. The highest BCUT2D eigenvalue weighted by Gasteiger charge is 2.18. The Morgan fingerprint density at radius 1 is 1.38 bits per heavy atom. The van der Waals surface area contributed by atoms with E-state index < -0.39 is 0 Å². The Hall–Kier alpha value is -1.58. The first kappa shape index (κ1) is 10.9. The lowest BCUT2D eigenvalue weighted by Gasteiger charge is -2.10. The van der Waals surface area contributed by atoms with Crippen molar-refractivity contribution in [2.24, 2.45) is 0 Å². The topological polar surface area (TPSA) is 62.0 Å². The molecule has 4 heteroatoms. The summed E-state index contributed by atoms with van der Waals surface area (Å²) >= 11 is 0. The van der Waals surface area contributed by atoms with Gasteiger partial charge in [-0.05, 0) is 25.8 Å². The highest BCUT2D eigenvalue weighted by molar-refractivity contribution is 5.99. The van der Waals surface area contributed by atoms with Crippen LogP contribution in [0.4, 0.5) is 0 Å². The molecule has 0 aliphatic heterocycles. The molecule has 1 saturated carbocycles. The van der Waals surface area contributed by atoms with Gasteiger partial charge >= 0.3 is 0 Å². The molecule has 1 aliphatic rings. The second-order valence-corrected chi connectivity index (χ2v) is 4.31. The molecule has 0 spiro atoms. The Kier molecular flexibility index (Phi) is 3.08. The highest BCUT2D eigenvalue weighted by Crippen LogP contribution is 2.18. The molecule has 2 rings (SSSR count). The quantitative estimate of drug-likeness (QED) is 0.764. The fraction of sp³-hybridized carbons (Fsp3) is 0.500. The molecule has 1 aromatic rings. The summed E-state index contributed by atoms with van der Waals surface area (Å²) in [6.07, 6.45) is 6.08. The number of amides is 1. The van der Waals surface area contributed by atoms with Gasteiger partial charge in [-0.15, -0.1) is 0 Å². The Labute approximate surface area is 94.4 Å². The van der Waals surface area contributed by atoms with Crippen LogP contribution in [0, 0.1) is 0 Å². The number of hydrogen-bond donors (Lipinski definition) is 2. The largest absolute Gasteiger partial charge is 0.356 e. The molecule has 16 heavy (non-hydrogen) atoms. The van der Waals surface area contributed by atoms with Gasteiger partial charge in [-0.1, -0.05) is 12.8 Å². The van der Waals surface area contributed by atoms with Crippen molar-refractivity contribution in [2.75, 3.05) is 0 Å². The van der Waals surface area contributed by atoms with Crippen molar-refractivity contribution in [3.63, 3.8) is 0 Å². The van der Waals surface area contributed by atoms with Gasteiger partial charge in [0.15, 0.2) is 5.78 Å². The van der Waals surface area contributed by atoms with E-state index >= 15 is 0 Å². The smallest absolute Gasteiger partial charge is 0.267 e. The lowest BCUT2D eigenvalue weighted by Crippen LogP contribution is -2.32. The van der Waals surface area contributed by atoms with Crippen molar-refractivity contribution in [1.29, 1.82) is 0 Å². The maximum absolute atomic E-state index is 11.8. The highest BCUT2D eigenvalue weighted by atomic mass is 16.2. The number of nitrogens with one attached hydrogen (secondary N) is 2. The van der Waals surface area contributed by atoms with Gasteiger partial charge in [-0.25, -0.2) is 0 Å². The van der Waals surface area contributed by atoms with E-state index in [1.165, 1.54) is 19.8 Å². The van der Waals surface area contributed by atoms with Crippen LogP contribution in [-0.4, -0.2) is 22.7 Å². The minimum Gasteiger partial charge on any atom is -0.356 e. The van der Waals surface area contributed by atoms with Crippen LogP contribution in [0.1, 0.15) is 53.5 Å². The molecule has 1 heterocycles. The first-order valence-electron chi connectivity index (χ1n) is 5.67. The van der Waals surface area contributed by atoms with Crippen LogP contribution in [0.15, 0.2) is 12.3 Å². The van der Waals surface area contributed by atoms with Crippen molar-refractivity contribution in [3.8, 4) is 0 Å². The molecular weight excluding hydrogens is 204 g/mol. The van der Waals surface area contributed by atoms with Crippen LogP contribution in [0.5, 0.6) is 0 Å². The van der Waals surface area contributed by atoms with E-state index in [-0.39, 0.29) is 11.7 Å². The van der Waals surface area contributed by atoms with Crippen LogP contribution < -0.4 is 5.32 Å². The van der Waals surface area contributed by atoms with Crippen molar-refractivity contribution in [1.82, 2.24) is 10.3 Å². The van der Waals surface area contributed by atoms with Gasteiger partial charge < -0.3 is 10.3 Å². The summed E-state index contributed by atoms with van der Waals surface area (Å²) in [5, 5.41) is 2.97. The van der Waals surface area contributed by atoms with Gasteiger partial charge in [0.25, 0.3) is 5.91 Å². The summed E-state index contributed by atoms with van der Waals surface area (Å²) in [5.41, 5.74) is 1.02. The number of aromatic amines is 1. The molecule has 2 N–H and O–H groups in total. The predicted molar refractivity (Wildman–Crippen MR) is 60.5 cm³/mol. The van der Waals surface area contributed by atoms with Gasteiger partial charge in [-0.2, -0.15) is 0 Å². The van der Waals surface area contributed by atoms with Crippen LogP contribution in [0.25, 0.3) is 0 Å². The van der Waals surface area contributed by atoms with E-state index in [1.54, 1.807) is 12.3 Å². The van der Waals surface area contributed by atoms with Crippen molar-refractivity contribution in [3.05, 3.63) is 23.5 Å². The minimum absolute atomic E-state index is 0.0313. The van der Waals surface area contributed by atoms with Crippen molar-refractivity contribution >= 4 is 11.7 Å². The summed E-state index contributed by atoms with van der Waals surface area (Å²) in [6, 6.07) is 1.91. The molecule has 1 aliphatic carbocycles. The summed E-state index contributed by atoms with van der Waals surface area (Å²) in [6.45, 7) is 1.49. The van der Waals surface area contributed by atoms with Crippen molar-refractivity contribution in [2.45, 2.75) is 38.6 Å². The number of rotatable bonds is 3. The first-order chi connectivity index (χ1) is 7.66. The third kappa shape index (κ3) is 2.32. The first-order valence-corrected chi connectivity index (χ1v) is 5.67. The van der Waals surface area contributed by atoms with Gasteiger partial charge in [0.05, 0.1) is 0 Å². The van der Waals surface area contributed by atoms with Gasteiger partial charge in [-0.3, -0.25) is 9.59 Å². The Bertz CT molecular complexity index is 403. The molecule has 0 aromatic carbocycles. The number of Topliss-reactive ketones (excluding diaryl/α,β-unsaturated/α-hetero) is 1. The molecule has 1 fully saturated rings. The number of aromatic nitrogens is 1. The molecular formula is C12H16N2O2. The average molecular weight is 220 g/mol. The fourth-order valence-corrected chi connectivity index (χ4v) is 2.06. The summed E-state index contributed by atoms with van der Waals surface area (Å²) in [4.78, 5) is 25.7. The number of carbonyl (C=O) groups is 2. The van der Waals surface area contributed by atoms with Crippen LogP contribution in [0.2, 0.25) is 0 Å². The SMILES string of the molecule is CC(=O)c1c[nH]c(C(=O)NC2CCCC2)c1. The van der Waals surface area contributed by atoms with Crippen LogP contribution in [0.3, 0.4) is 0 Å². The summed E-state index contributed by atoms with van der Waals surface area (Å²) < 4.78 is 0. The molecule has 0 saturated heterocycles. The number of hydrogen-bond acceptors (Lipinski definition) is 2. The van der Waals surface area contributed by atoms with Gasteiger partial charge in [0.2, 0.25) is 0 Å². The lowest BCUT2D eigenvalue weighted by molar-refractivity contribution is 0.0933. The second kappa shape index (κ2) is 4.51. The molecule has 86 valence electrons. The predicted octanol–water partition coefficient (Wildman–Crippen LogP) is 1.89. The molecule has 1 amide bonds. The van der Waals surface area contributed by atoms with Gasteiger partial charge in [0.1, 0.15) is 5.69 Å². The molecule has 0 unspecified atom stereocenters. The Morgan fingerprint density at radius 2 is 2.06 bits per heavy atom. The minimum atomic E-state index is -0.112. The second-order valence-electron chi connectivity index (χ2n) is 4.31. The third-order valence-electron chi connectivity index (χ3n) is 3.02. The Balaban J connectivity index is 1.99. The maximum atomic E-state index is 11.8. The molecule has 1 aromatic heterocycles. The fourth-order valence-electron chi connectivity index (χ4n) is 2.06. The lowest BCUT2D eigenvalue weighted by atomic mass is 10.2. The van der Waals surface area contributed by atoms with E-state index in [4.69, 9.17) is 0 Å². The van der Waals surface area contributed by atoms with E-state index in [2.05, 4.69) is 10.3 Å². The normalized spacial score (nSPS) is 16.3. The monoisotopic (exact) mass is 220 g/mol. The van der Waals surface area contributed by atoms with E-state index in [0.717, 1.165) is 12.8 Å².